The molecule has 1 N–H and O–H groups in total. The van der Waals surface area contributed by atoms with Crippen molar-refractivity contribution in [2.24, 2.45) is 0 Å². The summed E-state index contributed by atoms with van der Waals surface area (Å²) < 4.78 is 4.96. The molecule has 0 aromatic heterocycles. The maximum Gasteiger partial charge on any atom is 0.233 e. The third-order valence-electron chi connectivity index (χ3n) is 3.63. The summed E-state index contributed by atoms with van der Waals surface area (Å²) in [6.07, 6.45) is 0. The zero-order chi connectivity index (χ0) is 17.5. The highest BCUT2D eigenvalue weighted by Crippen LogP contribution is 2.15. The second-order valence-corrected chi connectivity index (χ2v) is 5.60. The lowest BCUT2D eigenvalue weighted by atomic mass is 10.0. The highest BCUT2D eigenvalue weighted by Gasteiger charge is 2.18. The highest BCUT2D eigenvalue weighted by molar-refractivity contribution is 6.49. The van der Waals surface area contributed by atoms with Gasteiger partial charge in [0, 0.05) is 50.3 Å². The van der Waals surface area contributed by atoms with Crippen LogP contribution >= 0.6 is 0 Å². The van der Waals surface area contributed by atoms with Crippen LogP contribution in [0.25, 0.3) is 0 Å². The van der Waals surface area contributed by atoms with Gasteiger partial charge in [-0.15, -0.1) is 0 Å². The van der Waals surface area contributed by atoms with Crippen LogP contribution in [-0.4, -0.2) is 45.9 Å². The first-order valence-corrected chi connectivity index (χ1v) is 7.72. The van der Waals surface area contributed by atoms with E-state index in [1.165, 1.54) is 0 Å². The molecule has 2 aromatic rings. The number of benzene rings is 2. The summed E-state index contributed by atoms with van der Waals surface area (Å²) in [7, 11) is 5.48. The second-order valence-electron chi connectivity index (χ2n) is 5.60. The fourth-order valence-electron chi connectivity index (χ4n) is 2.21. The lowest BCUT2D eigenvalue weighted by molar-refractivity contribution is 0.0817. The highest BCUT2D eigenvalue weighted by atomic mass is 16.5. The molecule has 0 aliphatic rings. The predicted octanol–water partition coefficient (Wildman–Crippen LogP) is 2.88. The fraction of sp³-hybridized carbons (Fsp3) is 0.263. The number of Topliss-reactive ketones (excluding diaryl/α,β-unsaturated/α-hetero) is 2. The molecule has 0 saturated heterocycles. The molecule has 2 rings (SSSR count). The van der Waals surface area contributed by atoms with E-state index in [1.54, 1.807) is 43.5 Å². The van der Waals surface area contributed by atoms with Crippen molar-refractivity contribution in [3.8, 4) is 0 Å². The number of carbonyl (C=O) groups is 2. The van der Waals surface area contributed by atoms with E-state index < -0.39 is 11.6 Å². The van der Waals surface area contributed by atoms with Crippen LogP contribution in [0.2, 0.25) is 0 Å². The van der Waals surface area contributed by atoms with Crippen molar-refractivity contribution >= 4 is 22.9 Å². The van der Waals surface area contributed by atoms with Gasteiger partial charge in [-0.25, -0.2) is 0 Å². The van der Waals surface area contributed by atoms with E-state index in [-0.39, 0.29) is 0 Å². The molecule has 0 radical (unpaired) electrons. The monoisotopic (exact) mass is 326 g/mol. The number of anilines is 2. The first kappa shape index (κ1) is 17.7. The van der Waals surface area contributed by atoms with E-state index in [0.29, 0.717) is 24.3 Å². The van der Waals surface area contributed by atoms with Gasteiger partial charge in [-0.1, -0.05) is 0 Å². The number of ketones is 2. The molecular weight excluding hydrogens is 304 g/mol. The maximum absolute atomic E-state index is 12.3. The molecule has 5 heteroatoms. The SMILES string of the molecule is COCCNc1ccc(C(=O)C(=O)c2ccc(N(C)C)cc2)cc1. The Hall–Kier alpha value is -2.66. The maximum atomic E-state index is 12.3. The van der Waals surface area contributed by atoms with Crippen molar-refractivity contribution in [3.63, 3.8) is 0 Å². The molecule has 0 aliphatic heterocycles. The van der Waals surface area contributed by atoms with E-state index in [9.17, 15) is 9.59 Å². The largest absolute Gasteiger partial charge is 0.383 e. The Bertz CT molecular complexity index is 692. The molecule has 0 spiro atoms. The van der Waals surface area contributed by atoms with Crippen LogP contribution in [0.3, 0.4) is 0 Å². The number of ether oxygens (including phenoxy) is 1. The van der Waals surface area contributed by atoms with E-state index in [0.717, 1.165) is 11.4 Å². The minimum absolute atomic E-state index is 0.383. The number of nitrogens with one attached hydrogen (secondary N) is 1. The van der Waals surface area contributed by atoms with Gasteiger partial charge in [-0.05, 0) is 48.5 Å². The zero-order valence-electron chi connectivity index (χ0n) is 14.2. The topological polar surface area (TPSA) is 58.6 Å². The standard InChI is InChI=1S/C19H22N2O3/c1-21(2)17-10-6-15(7-11-17)19(23)18(22)14-4-8-16(9-5-14)20-12-13-24-3/h4-11,20H,12-13H2,1-3H3. The summed E-state index contributed by atoms with van der Waals surface area (Å²) >= 11 is 0. The Kier molecular flexibility index (Phi) is 6.09. The molecule has 0 bridgehead atoms. The van der Waals surface area contributed by atoms with Crippen molar-refractivity contribution in [2.45, 2.75) is 0 Å². The Balaban J connectivity index is 2.06. The van der Waals surface area contributed by atoms with E-state index in [1.807, 2.05) is 31.1 Å². The van der Waals surface area contributed by atoms with Gasteiger partial charge in [0.05, 0.1) is 6.61 Å². The number of hydrogen-bond donors (Lipinski definition) is 1. The summed E-state index contributed by atoms with van der Waals surface area (Å²) in [5, 5.41) is 3.16. The van der Waals surface area contributed by atoms with Gasteiger partial charge >= 0.3 is 0 Å². The van der Waals surface area contributed by atoms with Gasteiger partial charge in [0.25, 0.3) is 0 Å². The van der Waals surface area contributed by atoms with Gasteiger partial charge in [0.2, 0.25) is 11.6 Å². The second kappa shape index (κ2) is 8.26. The molecule has 0 saturated carbocycles. The molecule has 5 nitrogen and oxygen atoms in total. The molecule has 0 fully saturated rings. The molecule has 0 atom stereocenters. The van der Waals surface area contributed by atoms with Crippen molar-refractivity contribution in [2.75, 3.05) is 44.6 Å². The third kappa shape index (κ3) is 4.43. The molecule has 0 unspecified atom stereocenters. The van der Waals surface area contributed by atoms with Crippen LogP contribution < -0.4 is 10.2 Å². The van der Waals surface area contributed by atoms with Gasteiger partial charge in [0.15, 0.2) is 0 Å². The van der Waals surface area contributed by atoms with E-state index >= 15 is 0 Å². The van der Waals surface area contributed by atoms with Gasteiger partial charge in [-0.3, -0.25) is 9.59 Å². The lowest BCUT2D eigenvalue weighted by Crippen LogP contribution is -2.15. The minimum atomic E-state index is -0.504. The van der Waals surface area contributed by atoms with Gasteiger partial charge in [0.1, 0.15) is 0 Å². The van der Waals surface area contributed by atoms with Crippen molar-refractivity contribution < 1.29 is 14.3 Å². The molecule has 2 aromatic carbocycles. The molecule has 24 heavy (non-hydrogen) atoms. The molecule has 0 heterocycles. The van der Waals surface area contributed by atoms with Crippen molar-refractivity contribution in [1.82, 2.24) is 0 Å². The normalized spacial score (nSPS) is 10.3. The van der Waals surface area contributed by atoms with Crippen molar-refractivity contribution in [1.29, 1.82) is 0 Å². The zero-order valence-corrected chi connectivity index (χ0v) is 14.2. The summed E-state index contributed by atoms with van der Waals surface area (Å²) in [6.45, 7) is 1.28. The van der Waals surface area contributed by atoms with Crippen LogP contribution in [0.5, 0.6) is 0 Å². The summed E-state index contributed by atoms with van der Waals surface area (Å²) in [5.74, 6) is -1.00. The number of hydrogen-bond acceptors (Lipinski definition) is 5. The first-order chi connectivity index (χ1) is 11.5. The van der Waals surface area contributed by atoms with Gasteiger partial charge < -0.3 is 15.0 Å². The van der Waals surface area contributed by atoms with E-state index in [4.69, 9.17) is 4.74 Å². The number of nitrogens with zero attached hydrogens (tertiary/aromatic N) is 1. The number of methoxy groups -OCH3 is 1. The van der Waals surface area contributed by atoms with Gasteiger partial charge in [-0.2, -0.15) is 0 Å². The Morgan fingerprint density at radius 1 is 0.917 bits per heavy atom. The Morgan fingerprint density at radius 2 is 1.42 bits per heavy atom. The molecule has 0 amide bonds. The molecular formula is C19H22N2O3. The van der Waals surface area contributed by atoms with E-state index in [2.05, 4.69) is 5.32 Å². The quantitative estimate of drug-likeness (QED) is 0.459. The number of carbonyl (C=O) groups excluding carboxylic acids is 2. The minimum Gasteiger partial charge on any atom is -0.383 e. The summed E-state index contributed by atoms with van der Waals surface area (Å²) in [4.78, 5) is 26.6. The van der Waals surface area contributed by atoms with Crippen LogP contribution in [0.1, 0.15) is 20.7 Å². The predicted molar refractivity (Wildman–Crippen MR) is 96.2 cm³/mol. The van der Waals surface area contributed by atoms with Crippen LogP contribution in [0.4, 0.5) is 11.4 Å². The Morgan fingerprint density at radius 3 is 1.88 bits per heavy atom. The Labute approximate surface area is 142 Å². The first-order valence-electron chi connectivity index (χ1n) is 7.72. The average Bonchev–Trinajstić information content (AvgIpc) is 2.61. The average molecular weight is 326 g/mol. The van der Waals surface area contributed by atoms with Crippen LogP contribution in [0.15, 0.2) is 48.5 Å². The van der Waals surface area contributed by atoms with Crippen molar-refractivity contribution in [3.05, 3.63) is 59.7 Å². The smallest absolute Gasteiger partial charge is 0.233 e. The summed E-state index contributed by atoms with van der Waals surface area (Å²) in [6, 6.07) is 13.9. The van der Waals surface area contributed by atoms with Crippen LogP contribution in [-0.2, 0) is 4.74 Å². The summed E-state index contributed by atoms with van der Waals surface area (Å²) in [5.41, 5.74) is 2.64. The van der Waals surface area contributed by atoms with Crippen LogP contribution in [0, 0.1) is 0 Å². The molecule has 126 valence electrons. The lowest BCUT2D eigenvalue weighted by Gasteiger charge is -2.12. The molecule has 0 aliphatic carbocycles. The fourth-order valence-corrected chi connectivity index (χ4v) is 2.21. The number of rotatable bonds is 8. The third-order valence-corrected chi connectivity index (χ3v) is 3.63.